The van der Waals surface area contributed by atoms with E-state index < -0.39 is 6.36 Å². The number of alkyl halides is 3. The zero-order valence-electron chi connectivity index (χ0n) is 9.16. The molecule has 1 aromatic carbocycles. The van der Waals surface area contributed by atoms with Gasteiger partial charge in [-0.25, -0.2) is 0 Å². The van der Waals surface area contributed by atoms with Crippen molar-refractivity contribution in [2.75, 3.05) is 0 Å². The summed E-state index contributed by atoms with van der Waals surface area (Å²) in [4.78, 5) is 0. The Morgan fingerprint density at radius 2 is 1.82 bits per heavy atom. The molecule has 0 unspecified atom stereocenters. The molecule has 0 aliphatic heterocycles. The zero-order valence-corrected chi connectivity index (χ0v) is 9.16. The predicted molar refractivity (Wildman–Crippen MR) is 60.1 cm³/mol. The summed E-state index contributed by atoms with van der Waals surface area (Å²) in [5.74, 6) is -0.252. The van der Waals surface area contributed by atoms with E-state index in [2.05, 4.69) is 4.74 Å². The zero-order chi connectivity index (χ0) is 12.9. The monoisotopic (exact) mass is 243 g/mol. The van der Waals surface area contributed by atoms with Crippen LogP contribution in [0.3, 0.4) is 0 Å². The van der Waals surface area contributed by atoms with Gasteiger partial charge in [-0.15, -0.1) is 13.2 Å². The second kappa shape index (κ2) is 5.43. The van der Waals surface area contributed by atoms with E-state index in [4.69, 9.17) is 5.73 Å². The summed E-state index contributed by atoms with van der Waals surface area (Å²) in [6.45, 7) is 1.82. The molecule has 0 saturated carbocycles. The highest BCUT2D eigenvalue weighted by Crippen LogP contribution is 2.24. The third kappa shape index (κ3) is 4.22. The van der Waals surface area contributed by atoms with Crippen LogP contribution in [0.2, 0.25) is 0 Å². The quantitative estimate of drug-likeness (QED) is 0.825. The summed E-state index contributed by atoms with van der Waals surface area (Å²) in [6, 6.07) is 5.52. The second-order valence-electron chi connectivity index (χ2n) is 3.19. The first-order valence-electron chi connectivity index (χ1n) is 4.87. The highest BCUT2D eigenvalue weighted by molar-refractivity contribution is 5.73. The molecule has 1 aromatic rings. The molecule has 0 radical (unpaired) electrons. The van der Waals surface area contributed by atoms with Gasteiger partial charge < -0.3 is 10.5 Å². The predicted octanol–water partition coefficient (Wildman–Crippen LogP) is 3.46. The van der Waals surface area contributed by atoms with Crippen molar-refractivity contribution in [1.29, 1.82) is 0 Å². The topological polar surface area (TPSA) is 35.2 Å². The molecule has 2 nitrogen and oxygen atoms in total. The Balaban J connectivity index is 2.88. The van der Waals surface area contributed by atoms with E-state index >= 15 is 0 Å². The van der Waals surface area contributed by atoms with Crippen LogP contribution in [-0.2, 0) is 0 Å². The van der Waals surface area contributed by atoms with Crippen LogP contribution >= 0.6 is 0 Å². The molecule has 17 heavy (non-hydrogen) atoms. The summed E-state index contributed by atoms with van der Waals surface area (Å²) >= 11 is 0. The summed E-state index contributed by atoms with van der Waals surface area (Å²) in [6.07, 6.45) is 0.273. The van der Waals surface area contributed by atoms with Crippen LogP contribution in [0.5, 0.6) is 5.75 Å². The molecule has 1 rings (SSSR count). The van der Waals surface area contributed by atoms with Crippen LogP contribution in [-0.4, -0.2) is 6.36 Å². The molecule has 5 heteroatoms. The summed E-state index contributed by atoms with van der Waals surface area (Å²) < 4.78 is 39.5. The standard InChI is InChI=1S/C12H12F3NO/c1-2-3-10(8-16)9-4-6-11(7-5-9)17-12(13,14)15/h2-8H,16H2,1H3/b3-2-,10-8+. The molecule has 0 spiro atoms. The average Bonchev–Trinajstić information content (AvgIpc) is 2.25. The number of rotatable bonds is 3. The fraction of sp³-hybridized carbons (Fsp3) is 0.167. The normalized spacial score (nSPS) is 13.1. The van der Waals surface area contributed by atoms with Gasteiger partial charge in [0.2, 0.25) is 0 Å². The number of benzene rings is 1. The maximum Gasteiger partial charge on any atom is 0.573 e. The molecule has 0 aliphatic rings. The third-order valence-corrected chi connectivity index (χ3v) is 1.95. The number of nitrogens with two attached hydrogens (primary N) is 1. The SMILES string of the molecule is C/C=C\C(=C/N)c1ccc(OC(F)(F)F)cc1. The fourth-order valence-electron chi connectivity index (χ4n) is 1.28. The minimum atomic E-state index is -4.67. The average molecular weight is 243 g/mol. The highest BCUT2D eigenvalue weighted by atomic mass is 19.4. The molecule has 92 valence electrons. The van der Waals surface area contributed by atoms with Gasteiger partial charge in [-0.05, 0) is 30.2 Å². The molecule has 0 heterocycles. The van der Waals surface area contributed by atoms with E-state index in [1.165, 1.54) is 30.5 Å². The summed E-state index contributed by atoms with van der Waals surface area (Å²) in [5, 5.41) is 0. The third-order valence-electron chi connectivity index (χ3n) is 1.95. The van der Waals surface area contributed by atoms with Crippen molar-refractivity contribution in [2.45, 2.75) is 13.3 Å². The lowest BCUT2D eigenvalue weighted by Gasteiger charge is -2.09. The number of ether oxygens (including phenoxy) is 1. The lowest BCUT2D eigenvalue weighted by atomic mass is 10.1. The summed E-state index contributed by atoms with van der Waals surface area (Å²) in [5.41, 5.74) is 6.86. The van der Waals surface area contributed by atoms with Crippen molar-refractivity contribution < 1.29 is 17.9 Å². The fourth-order valence-corrected chi connectivity index (χ4v) is 1.28. The van der Waals surface area contributed by atoms with Gasteiger partial charge in [0.05, 0.1) is 0 Å². The van der Waals surface area contributed by atoms with Gasteiger partial charge in [0.15, 0.2) is 0 Å². The van der Waals surface area contributed by atoms with Crippen molar-refractivity contribution in [2.24, 2.45) is 5.73 Å². The van der Waals surface area contributed by atoms with Crippen LogP contribution in [0, 0.1) is 0 Å². The Morgan fingerprint density at radius 3 is 2.24 bits per heavy atom. The van der Waals surface area contributed by atoms with Crippen LogP contribution < -0.4 is 10.5 Å². The Bertz CT molecular complexity index is 418. The molecular formula is C12H12F3NO. The van der Waals surface area contributed by atoms with Gasteiger partial charge in [0.1, 0.15) is 5.75 Å². The molecule has 0 aliphatic carbocycles. The van der Waals surface area contributed by atoms with Crippen LogP contribution in [0.4, 0.5) is 13.2 Å². The molecule has 0 saturated heterocycles. The lowest BCUT2D eigenvalue weighted by Crippen LogP contribution is -2.16. The van der Waals surface area contributed by atoms with Crippen LogP contribution in [0.1, 0.15) is 12.5 Å². The Morgan fingerprint density at radius 1 is 1.24 bits per heavy atom. The first-order valence-corrected chi connectivity index (χ1v) is 4.87. The number of halogens is 3. The van der Waals surface area contributed by atoms with E-state index in [1.54, 1.807) is 12.2 Å². The van der Waals surface area contributed by atoms with E-state index in [9.17, 15) is 13.2 Å². The lowest BCUT2D eigenvalue weighted by molar-refractivity contribution is -0.274. The van der Waals surface area contributed by atoms with Crippen LogP contribution in [0.25, 0.3) is 5.57 Å². The van der Waals surface area contributed by atoms with Crippen molar-refractivity contribution in [3.8, 4) is 5.75 Å². The molecule has 0 aromatic heterocycles. The van der Waals surface area contributed by atoms with Gasteiger partial charge >= 0.3 is 6.36 Å². The second-order valence-corrected chi connectivity index (χ2v) is 3.19. The Kier molecular flexibility index (Phi) is 4.20. The summed E-state index contributed by atoms with van der Waals surface area (Å²) in [7, 11) is 0. The van der Waals surface area contributed by atoms with Crippen molar-refractivity contribution >= 4 is 5.57 Å². The number of hydrogen-bond donors (Lipinski definition) is 1. The van der Waals surface area contributed by atoms with E-state index in [-0.39, 0.29) is 5.75 Å². The molecule has 0 atom stereocenters. The van der Waals surface area contributed by atoms with Crippen LogP contribution in [0.15, 0.2) is 42.6 Å². The van der Waals surface area contributed by atoms with Gasteiger partial charge in [-0.1, -0.05) is 24.3 Å². The van der Waals surface area contributed by atoms with Gasteiger partial charge in [0.25, 0.3) is 0 Å². The molecule has 0 amide bonds. The van der Waals surface area contributed by atoms with Gasteiger partial charge in [-0.2, -0.15) is 0 Å². The Labute approximate surface area is 97.2 Å². The molecular weight excluding hydrogens is 231 g/mol. The maximum absolute atomic E-state index is 11.9. The minimum Gasteiger partial charge on any atom is -0.406 e. The first kappa shape index (κ1) is 13.2. The first-order chi connectivity index (χ1) is 7.96. The smallest absolute Gasteiger partial charge is 0.406 e. The van der Waals surface area contributed by atoms with Gasteiger partial charge in [-0.3, -0.25) is 0 Å². The Hall–Kier alpha value is -1.91. The highest BCUT2D eigenvalue weighted by Gasteiger charge is 2.30. The van der Waals surface area contributed by atoms with Crippen molar-refractivity contribution in [1.82, 2.24) is 0 Å². The molecule has 2 N–H and O–H groups in total. The number of hydrogen-bond acceptors (Lipinski definition) is 2. The molecule has 0 bridgehead atoms. The largest absolute Gasteiger partial charge is 0.573 e. The molecule has 0 fully saturated rings. The van der Waals surface area contributed by atoms with E-state index in [1.807, 2.05) is 6.92 Å². The minimum absolute atomic E-state index is 0.252. The van der Waals surface area contributed by atoms with Gasteiger partial charge in [0, 0.05) is 6.20 Å². The van der Waals surface area contributed by atoms with Crippen molar-refractivity contribution in [3.63, 3.8) is 0 Å². The van der Waals surface area contributed by atoms with Crippen molar-refractivity contribution in [3.05, 3.63) is 48.2 Å². The van der Waals surface area contributed by atoms with E-state index in [0.29, 0.717) is 0 Å². The number of allylic oxidation sites excluding steroid dienone is 3. The maximum atomic E-state index is 11.9. The van der Waals surface area contributed by atoms with E-state index in [0.717, 1.165) is 11.1 Å².